The first-order valence-corrected chi connectivity index (χ1v) is 26.7. The highest BCUT2D eigenvalue weighted by atomic mass is 15.1. The topological polar surface area (TPSA) is 6.48 Å². The molecule has 0 saturated heterocycles. The SMILES string of the molecule is Cc1ccc(N(c2ccc3c(c2)C(C)(C)c2cc(/C=C/c4ccc(/C=C/c5ccc6c(c5)C(C)(C)c5cc(N(c7ccc(C)cc7)c7ccc8ccccc8c7)ccc5-6)cc4)ccc2-3)c2ccc3ccccc3c2)cc1. The van der Waals surface area contributed by atoms with Crippen LogP contribution in [0.4, 0.5) is 34.1 Å². The van der Waals surface area contributed by atoms with Gasteiger partial charge in [0.15, 0.2) is 0 Å². The summed E-state index contributed by atoms with van der Waals surface area (Å²) in [5, 5.41) is 4.95. The van der Waals surface area contributed by atoms with E-state index in [1.807, 2.05) is 0 Å². The molecule has 2 nitrogen and oxygen atoms in total. The van der Waals surface area contributed by atoms with Crippen molar-refractivity contribution in [2.24, 2.45) is 0 Å². The van der Waals surface area contributed by atoms with Crippen LogP contribution in [0.25, 0.3) is 68.1 Å². The molecule has 0 radical (unpaired) electrons. The molecular formula is C74H60N2. The van der Waals surface area contributed by atoms with Crippen molar-refractivity contribution in [3.8, 4) is 22.3 Å². The molecular weight excluding hydrogens is 917 g/mol. The van der Waals surface area contributed by atoms with Crippen molar-refractivity contribution < 1.29 is 0 Å². The van der Waals surface area contributed by atoms with Gasteiger partial charge in [0.25, 0.3) is 0 Å². The van der Waals surface area contributed by atoms with E-state index in [2.05, 4.69) is 306 Å². The molecule has 0 atom stereocenters. The van der Waals surface area contributed by atoms with Crippen molar-refractivity contribution in [2.45, 2.75) is 52.4 Å². The summed E-state index contributed by atoms with van der Waals surface area (Å²) in [5.41, 5.74) is 24.5. The molecule has 0 fully saturated rings. The maximum absolute atomic E-state index is 2.42. The zero-order valence-electron chi connectivity index (χ0n) is 44.1. The summed E-state index contributed by atoms with van der Waals surface area (Å²) < 4.78 is 0. The highest BCUT2D eigenvalue weighted by molar-refractivity contribution is 5.93. The van der Waals surface area contributed by atoms with Crippen LogP contribution in [0.2, 0.25) is 0 Å². The first-order valence-electron chi connectivity index (χ1n) is 26.7. The first kappa shape index (κ1) is 46.8. The van der Waals surface area contributed by atoms with Gasteiger partial charge in [-0.2, -0.15) is 0 Å². The fourth-order valence-electron chi connectivity index (χ4n) is 12.0. The monoisotopic (exact) mass is 976 g/mol. The Morgan fingerprint density at radius 3 is 0.947 bits per heavy atom. The summed E-state index contributed by atoms with van der Waals surface area (Å²) >= 11 is 0. The second-order valence-electron chi connectivity index (χ2n) is 22.1. The highest BCUT2D eigenvalue weighted by Gasteiger charge is 2.37. The van der Waals surface area contributed by atoms with Crippen molar-refractivity contribution in [1.29, 1.82) is 0 Å². The fourth-order valence-corrected chi connectivity index (χ4v) is 12.0. The quantitative estimate of drug-likeness (QED) is 0.126. The van der Waals surface area contributed by atoms with E-state index in [1.54, 1.807) is 0 Å². The van der Waals surface area contributed by atoms with E-state index in [0.717, 1.165) is 34.1 Å². The van der Waals surface area contributed by atoms with Gasteiger partial charge in [-0.25, -0.2) is 0 Å². The van der Waals surface area contributed by atoms with Crippen LogP contribution in [0.5, 0.6) is 0 Å². The van der Waals surface area contributed by atoms with Crippen LogP contribution >= 0.6 is 0 Å². The second-order valence-corrected chi connectivity index (χ2v) is 22.1. The van der Waals surface area contributed by atoms with E-state index < -0.39 is 0 Å². The molecule has 11 aromatic rings. The Balaban J connectivity index is 0.721. The molecule has 0 N–H and O–H groups in total. The van der Waals surface area contributed by atoms with Crippen molar-refractivity contribution in [2.75, 3.05) is 9.80 Å². The molecule has 2 aliphatic carbocycles. The Kier molecular flexibility index (Phi) is 11.4. The zero-order valence-corrected chi connectivity index (χ0v) is 44.1. The van der Waals surface area contributed by atoms with E-state index in [9.17, 15) is 0 Å². The molecule has 11 aromatic carbocycles. The standard InChI is InChI=1S/C74H60N2/c1-49-15-31-59(32-16-49)75(61-35-29-55-11-7-9-13-57(55)45-61)63-37-41-67-65-39-27-53(43-69(65)73(3,4)71(67)47-63)25-23-51-19-21-52(22-20-51)24-26-54-28-40-66-68-42-38-64(48-72(68)74(5,6)70(66)44-54)76(60-33-17-50(2)18-34-60)62-36-30-56-12-8-10-14-58(56)46-62/h7-48H,1-6H3/b25-23+,26-24+. The molecule has 0 saturated carbocycles. The van der Waals surface area contributed by atoms with E-state index in [1.165, 1.54) is 99.4 Å². The maximum atomic E-state index is 2.42. The molecule has 0 aromatic heterocycles. The van der Waals surface area contributed by atoms with Crippen molar-refractivity contribution in [3.63, 3.8) is 0 Å². The van der Waals surface area contributed by atoms with Crippen LogP contribution in [0, 0.1) is 13.8 Å². The van der Waals surface area contributed by atoms with Gasteiger partial charge < -0.3 is 9.80 Å². The smallest absolute Gasteiger partial charge is 0.0468 e. The fraction of sp³-hybridized carbons (Fsp3) is 0.108. The number of anilines is 6. The number of aryl methyl sites for hydroxylation is 2. The summed E-state index contributed by atoms with van der Waals surface area (Å²) in [5.74, 6) is 0. The molecule has 2 heteroatoms. The van der Waals surface area contributed by atoms with Gasteiger partial charge in [-0.15, -0.1) is 0 Å². The zero-order chi connectivity index (χ0) is 51.7. The summed E-state index contributed by atoms with van der Waals surface area (Å²) in [7, 11) is 0. The number of benzene rings is 11. The predicted molar refractivity (Wildman–Crippen MR) is 326 cm³/mol. The summed E-state index contributed by atoms with van der Waals surface area (Å²) in [6, 6.07) is 85.5. The molecule has 0 unspecified atom stereocenters. The normalized spacial score (nSPS) is 13.8. The molecule has 0 aliphatic heterocycles. The third kappa shape index (κ3) is 8.32. The number of hydrogen-bond donors (Lipinski definition) is 0. The average molecular weight is 977 g/mol. The molecule has 13 rings (SSSR count). The van der Waals surface area contributed by atoms with Gasteiger partial charge in [0, 0.05) is 45.0 Å². The average Bonchev–Trinajstić information content (AvgIpc) is 4.00. The Morgan fingerprint density at radius 1 is 0.263 bits per heavy atom. The Bertz CT molecular complexity index is 3840. The minimum atomic E-state index is -0.175. The number of nitrogens with zero attached hydrogens (tertiary/aromatic N) is 2. The largest absolute Gasteiger partial charge is 0.310 e. The van der Waals surface area contributed by atoms with Crippen LogP contribution in [0.3, 0.4) is 0 Å². The Labute approximate surface area is 448 Å². The molecule has 0 bridgehead atoms. The number of rotatable bonds is 10. The second kappa shape index (κ2) is 18.4. The predicted octanol–water partition coefficient (Wildman–Crippen LogP) is 20.5. The van der Waals surface area contributed by atoms with Gasteiger partial charge >= 0.3 is 0 Å². The molecule has 0 heterocycles. The van der Waals surface area contributed by atoms with E-state index in [0.29, 0.717) is 0 Å². The van der Waals surface area contributed by atoms with Crippen LogP contribution in [-0.2, 0) is 10.8 Å². The van der Waals surface area contributed by atoms with Crippen LogP contribution < -0.4 is 9.80 Å². The highest BCUT2D eigenvalue weighted by Crippen LogP contribution is 2.53. The molecule has 2 aliphatic rings. The lowest BCUT2D eigenvalue weighted by Gasteiger charge is -2.28. The van der Waals surface area contributed by atoms with Gasteiger partial charge in [-0.05, 0) is 175 Å². The minimum absolute atomic E-state index is 0.175. The first-order chi connectivity index (χ1) is 36.9. The van der Waals surface area contributed by atoms with E-state index >= 15 is 0 Å². The minimum Gasteiger partial charge on any atom is -0.310 e. The van der Waals surface area contributed by atoms with E-state index in [-0.39, 0.29) is 10.8 Å². The third-order valence-electron chi connectivity index (χ3n) is 16.3. The lowest BCUT2D eigenvalue weighted by Crippen LogP contribution is -2.16. The van der Waals surface area contributed by atoms with Gasteiger partial charge in [0.05, 0.1) is 0 Å². The summed E-state index contributed by atoms with van der Waals surface area (Å²) in [4.78, 5) is 4.80. The van der Waals surface area contributed by atoms with Crippen molar-refractivity contribution in [1.82, 2.24) is 0 Å². The number of hydrogen-bond acceptors (Lipinski definition) is 2. The summed E-state index contributed by atoms with van der Waals surface area (Å²) in [6.45, 7) is 13.8. The van der Waals surface area contributed by atoms with Gasteiger partial charge in [0.1, 0.15) is 0 Å². The van der Waals surface area contributed by atoms with Crippen LogP contribution in [0.15, 0.2) is 231 Å². The van der Waals surface area contributed by atoms with Crippen LogP contribution in [0.1, 0.15) is 83.3 Å². The molecule has 0 spiro atoms. The molecule has 0 amide bonds. The lowest BCUT2D eigenvalue weighted by atomic mass is 9.81. The Hall–Kier alpha value is -8.98. The third-order valence-corrected chi connectivity index (χ3v) is 16.3. The van der Waals surface area contributed by atoms with Gasteiger partial charge in [-0.3, -0.25) is 0 Å². The van der Waals surface area contributed by atoms with Crippen LogP contribution in [-0.4, -0.2) is 0 Å². The summed E-state index contributed by atoms with van der Waals surface area (Å²) in [6.07, 6.45) is 8.98. The molecule has 76 heavy (non-hydrogen) atoms. The van der Waals surface area contributed by atoms with Gasteiger partial charge in [0.2, 0.25) is 0 Å². The van der Waals surface area contributed by atoms with Crippen molar-refractivity contribution >= 4 is 80.0 Å². The van der Waals surface area contributed by atoms with Crippen molar-refractivity contribution in [3.05, 3.63) is 286 Å². The van der Waals surface area contributed by atoms with E-state index in [4.69, 9.17) is 0 Å². The Morgan fingerprint density at radius 2 is 0.553 bits per heavy atom. The lowest BCUT2D eigenvalue weighted by molar-refractivity contribution is 0.660. The number of fused-ring (bicyclic) bond motifs is 8. The maximum Gasteiger partial charge on any atom is 0.0468 e. The van der Waals surface area contributed by atoms with Gasteiger partial charge in [-0.1, -0.05) is 221 Å². The molecule has 366 valence electrons.